The smallest absolute Gasteiger partial charge is 0.356 e. The van der Waals surface area contributed by atoms with Crippen LogP contribution in [-0.4, -0.2) is 52.1 Å². The van der Waals surface area contributed by atoms with Gasteiger partial charge >= 0.3 is 5.97 Å². The second kappa shape index (κ2) is 8.62. The lowest BCUT2D eigenvalue weighted by Crippen LogP contribution is -2.39. The van der Waals surface area contributed by atoms with Gasteiger partial charge in [0.2, 0.25) is 0 Å². The van der Waals surface area contributed by atoms with E-state index in [1.54, 1.807) is 12.0 Å². The van der Waals surface area contributed by atoms with Gasteiger partial charge in [-0.25, -0.2) is 14.8 Å². The zero-order chi connectivity index (χ0) is 20.0. The van der Waals surface area contributed by atoms with Gasteiger partial charge in [-0.3, -0.25) is 4.79 Å². The van der Waals surface area contributed by atoms with Crippen LogP contribution in [0.2, 0.25) is 0 Å². The molecule has 0 atom stereocenters. The molecule has 27 heavy (non-hydrogen) atoms. The number of ether oxygens (including phenoxy) is 1. The summed E-state index contributed by atoms with van der Waals surface area (Å²) in [5.41, 5.74) is 0.949. The van der Waals surface area contributed by atoms with Gasteiger partial charge in [0.15, 0.2) is 5.69 Å². The maximum absolute atomic E-state index is 12.9. The summed E-state index contributed by atoms with van der Waals surface area (Å²) in [6.45, 7) is 7.23. The molecule has 0 aliphatic heterocycles. The minimum Gasteiger partial charge on any atom is -0.497 e. The summed E-state index contributed by atoms with van der Waals surface area (Å²) < 4.78 is 5.16. The van der Waals surface area contributed by atoms with E-state index in [4.69, 9.17) is 9.84 Å². The van der Waals surface area contributed by atoms with E-state index in [-0.39, 0.29) is 22.7 Å². The van der Waals surface area contributed by atoms with Crippen LogP contribution in [-0.2, 0) is 6.42 Å². The minimum atomic E-state index is -1.17. The molecule has 144 valence electrons. The number of benzene rings is 1. The number of carboxylic acids is 1. The number of carbonyl (C=O) groups is 2. The van der Waals surface area contributed by atoms with E-state index in [0.717, 1.165) is 17.5 Å². The van der Waals surface area contributed by atoms with Crippen molar-refractivity contribution in [2.75, 3.05) is 20.2 Å². The lowest BCUT2D eigenvalue weighted by atomic mass is 9.95. The van der Waals surface area contributed by atoms with Gasteiger partial charge in [-0.15, -0.1) is 0 Å². The number of aromatic carboxylic acids is 1. The highest BCUT2D eigenvalue weighted by molar-refractivity contribution is 5.92. The number of hydrogen-bond donors (Lipinski definition) is 1. The summed E-state index contributed by atoms with van der Waals surface area (Å²) in [6, 6.07) is 7.72. The fourth-order valence-corrected chi connectivity index (χ4v) is 2.59. The molecule has 0 unspecified atom stereocenters. The standard InChI is InChI=1S/C20H25N3O4/c1-20(2,3)13-23(10-9-14-5-7-15(27-4)8-6-14)18(24)16-11-22-17(12-21-16)19(25)26/h5-8,11-12H,9-10,13H2,1-4H3,(H,25,26). The van der Waals surface area contributed by atoms with Crippen molar-refractivity contribution in [3.8, 4) is 5.75 Å². The molecule has 1 aromatic carbocycles. The largest absolute Gasteiger partial charge is 0.497 e. The number of nitrogens with zero attached hydrogens (tertiary/aromatic N) is 3. The first kappa shape index (κ1) is 20.4. The molecule has 0 spiro atoms. The zero-order valence-corrected chi connectivity index (χ0v) is 16.1. The Bertz CT molecular complexity index is 780. The van der Waals surface area contributed by atoms with Crippen molar-refractivity contribution in [2.45, 2.75) is 27.2 Å². The van der Waals surface area contributed by atoms with Crippen molar-refractivity contribution in [1.29, 1.82) is 0 Å². The molecule has 0 aliphatic rings. The first-order valence-corrected chi connectivity index (χ1v) is 8.67. The average molecular weight is 371 g/mol. The summed E-state index contributed by atoms with van der Waals surface area (Å²) in [5.74, 6) is -0.648. The quantitative estimate of drug-likeness (QED) is 0.804. The third-order valence-electron chi connectivity index (χ3n) is 3.87. The van der Waals surface area contributed by atoms with Crippen molar-refractivity contribution >= 4 is 11.9 Å². The minimum absolute atomic E-state index is 0.0933. The van der Waals surface area contributed by atoms with Crippen LogP contribution in [0.25, 0.3) is 0 Å². The highest BCUT2D eigenvalue weighted by Crippen LogP contribution is 2.18. The molecule has 1 N–H and O–H groups in total. The average Bonchev–Trinajstić information content (AvgIpc) is 2.64. The van der Waals surface area contributed by atoms with E-state index in [1.807, 2.05) is 24.3 Å². The lowest BCUT2D eigenvalue weighted by molar-refractivity contribution is 0.0674. The highest BCUT2D eigenvalue weighted by Gasteiger charge is 2.23. The molecule has 2 rings (SSSR count). The van der Waals surface area contributed by atoms with Crippen LogP contribution in [0.5, 0.6) is 5.75 Å². The maximum Gasteiger partial charge on any atom is 0.356 e. The summed E-state index contributed by atoms with van der Waals surface area (Å²) in [5, 5.41) is 8.92. The number of rotatable bonds is 7. The number of amides is 1. The SMILES string of the molecule is COc1ccc(CCN(CC(C)(C)C)C(=O)c2cnc(C(=O)O)cn2)cc1. The molecule has 0 bridgehead atoms. The summed E-state index contributed by atoms with van der Waals surface area (Å²) in [6.07, 6.45) is 3.01. The van der Waals surface area contributed by atoms with E-state index >= 15 is 0 Å². The van der Waals surface area contributed by atoms with Gasteiger partial charge in [-0.2, -0.15) is 0 Å². The van der Waals surface area contributed by atoms with Crippen LogP contribution in [0.1, 0.15) is 47.3 Å². The molecule has 7 heteroatoms. The summed E-state index contributed by atoms with van der Waals surface area (Å²) in [4.78, 5) is 33.3. The molecule has 1 heterocycles. The van der Waals surface area contributed by atoms with Crippen molar-refractivity contribution in [3.63, 3.8) is 0 Å². The normalized spacial score (nSPS) is 11.1. The predicted octanol–water partition coefficient (Wildman–Crippen LogP) is 2.91. The van der Waals surface area contributed by atoms with Crippen molar-refractivity contribution in [3.05, 3.63) is 53.6 Å². The lowest BCUT2D eigenvalue weighted by Gasteiger charge is -2.30. The Morgan fingerprint density at radius 1 is 1.07 bits per heavy atom. The zero-order valence-electron chi connectivity index (χ0n) is 16.1. The molecule has 2 aromatic rings. The Morgan fingerprint density at radius 2 is 1.67 bits per heavy atom. The van der Waals surface area contributed by atoms with Crippen molar-refractivity contribution in [2.24, 2.45) is 5.41 Å². The first-order chi connectivity index (χ1) is 12.7. The molecular formula is C20H25N3O4. The topological polar surface area (TPSA) is 92.6 Å². The fraction of sp³-hybridized carbons (Fsp3) is 0.400. The monoisotopic (exact) mass is 371 g/mol. The van der Waals surface area contributed by atoms with E-state index in [2.05, 4.69) is 30.7 Å². The fourth-order valence-electron chi connectivity index (χ4n) is 2.59. The Balaban J connectivity index is 2.14. The Morgan fingerprint density at radius 3 is 2.15 bits per heavy atom. The van der Waals surface area contributed by atoms with Gasteiger partial charge in [-0.05, 0) is 29.5 Å². The first-order valence-electron chi connectivity index (χ1n) is 8.67. The number of aromatic nitrogens is 2. The maximum atomic E-state index is 12.9. The molecule has 0 saturated carbocycles. The Labute approximate surface area is 159 Å². The van der Waals surface area contributed by atoms with Gasteiger partial charge in [0.25, 0.3) is 5.91 Å². The van der Waals surface area contributed by atoms with E-state index in [1.165, 1.54) is 6.20 Å². The van der Waals surface area contributed by atoms with Crippen LogP contribution >= 0.6 is 0 Å². The molecular weight excluding hydrogens is 346 g/mol. The van der Waals surface area contributed by atoms with Crippen molar-refractivity contribution < 1.29 is 19.4 Å². The van der Waals surface area contributed by atoms with Crippen LogP contribution in [0.3, 0.4) is 0 Å². The third-order valence-corrected chi connectivity index (χ3v) is 3.87. The van der Waals surface area contributed by atoms with Crippen LogP contribution < -0.4 is 4.74 Å². The van der Waals surface area contributed by atoms with Gasteiger partial charge < -0.3 is 14.7 Å². The molecule has 7 nitrogen and oxygen atoms in total. The highest BCUT2D eigenvalue weighted by atomic mass is 16.5. The number of methoxy groups -OCH3 is 1. The van der Waals surface area contributed by atoms with E-state index < -0.39 is 5.97 Å². The second-order valence-electron chi connectivity index (χ2n) is 7.48. The van der Waals surface area contributed by atoms with Gasteiger partial charge in [0, 0.05) is 13.1 Å². The second-order valence-corrected chi connectivity index (χ2v) is 7.48. The van der Waals surface area contributed by atoms with Crippen LogP contribution in [0.4, 0.5) is 0 Å². The van der Waals surface area contributed by atoms with E-state index in [0.29, 0.717) is 19.5 Å². The van der Waals surface area contributed by atoms with Gasteiger partial charge in [0.05, 0.1) is 19.5 Å². The number of hydrogen-bond acceptors (Lipinski definition) is 5. The van der Waals surface area contributed by atoms with Gasteiger partial charge in [0.1, 0.15) is 11.4 Å². The van der Waals surface area contributed by atoms with E-state index in [9.17, 15) is 9.59 Å². The van der Waals surface area contributed by atoms with Crippen molar-refractivity contribution in [1.82, 2.24) is 14.9 Å². The summed E-state index contributed by atoms with van der Waals surface area (Å²) >= 11 is 0. The Hall–Kier alpha value is -2.96. The van der Waals surface area contributed by atoms with Gasteiger partial charge in [-0.1, -0.05) is 32.9 Å². The summed E-state index contributed by atoms with van der Waals surface area (Å²) in [7, 11) is 1.62. The Kier molecular flexibility index (Phi) is 6.50. The molecule has 1 aromatic heterocycles. The molecule has 0 saturated heterocycles. The molecule has 0 radical (unpaired) electrons. The predicted molar refractivity (Wildman–Crippen MR) is 101 cm³/mol. The molecule has 0 fully saturated rings. The third kappa shape index (κ3) is 6.06. The number of carboxylic acid groups (broad SMARTS) is 1. The van der Waals surface area contributed by atoms with Crippen LogP contribution in [0, 0.1) is 5.41 Å². The number of carbonyl (C=O) groups excluding carboxylic acids is 1. The molecule has 1 amide bonds. The van der Waals surface area contributed by atoms with Crippen LogP contribution in [0.15, 0.2) is 36.7 Å². The molecule has 0 aliphatic carbocycles.